The van der Waals surface area contributed by atoms with E-state index in [1.165, 1.54) is 39.3 Å². The van der Waals surface area contributed by atoms with Crippen molar-refractivity contribution >= 4 is 62.9 Å². The molecule has 1 fully saturated rings. The van der Waals surface area contributed by atoms with Crippen LogP contribution >= 0.6 is 34.4 Å². The second kappa shape index (κ2) is 9.57. The zero-order chi connectivity index (χ0) is 23.7. The minimum Gasteiger partial charge on any atom is -0.477 e. The molecule has 3 N–H and O–H groups in total. The molecule has 4 heterocycles. The highest BCUT2D eigenvalue weighted by Gasteiger charge is 2.54. The first-order valence-electron chi connectivity index (χ1n) is 10.4. The number of amides is 2. The first-order chi connectivity index (χ1) is 16.5. The summed E-state index contributed by atoms with van der Waals surface area (Å²) < 4.78 is 0. The van der Waals surface area contributed by atoms with E-state index >= 15 is 0 Å². The summed E-state index contributed by atoms with van der Waals surface area (Å²) in [5, 5.41) is 26.6. The van der Waals surface area contributed by atoms with Crippen LogP contribution in [0, 0.1) is 0 Å². The van der Waals surface area contributed by atoms with Crippen LogP contribution < -0.4 is 10.6 Å². The molecular weight excluding hydrogens is 494 g/mol. The van der Waals surface area contributed by atoms with Crippen LogP contribution in [0.3, 0.4) is 0 Å². The SMILES string of the molecule is O=C(Cc1cccs1)NC1C(=O)N2C(C(=O)O)=C(c3nnc(NCc4ccccc4)s3)CS[C@@H]12. The van der Waals surface area contributed by atoms with Crippen molar-refractivity contribution < 1.29 is 19.5 Å². The maximum absolute atomic E-state index is 12.8. The van der Waals surface area contributed by atoms with Gasteiger partial charge in [-0.25, -0.2) is 4.79 Å². The number of aliphatic carboxylic acids is 1. The first-order valence-corrected chi connectivity index (χ1v) is 13.1. The molecule has 2 atom stereocenters. The predicted molar refractivity (Wildman–Crippen MR) is 131 cm³/mol. The topological polar surface area (TPSA) is 125 Å². The van der Waals surface area contributed by atoms with Crippen LogP contribution in [0.5, 0.6) is 0 Å². The maximum Gasteiger partial charge on any atom is 0.353 e. The van der Waals surface area contributed by atoms with Crippen LogP contribution in [0.4, 0.5) is 5.13 Å². The maximum atomic E-state index is 12.8. The minimum absolute atomic E-state index is 0.0942. The number of carbonyl (C=O) groups is 3. The molecule has 3 aromatic rings. The average Bonchev–Trinajstić information content (AvgIpc) is 3.53. The Kier molecular flexibility index (Phi) is 6.35. The third-order valence-corrected chi connectivity index (χ3v) is 8.47. The molecule has 1 unspecified atom stereocenters. The Hall–Kier alpha value is -3.22. The van der Waals surface area contributed by atoms with Crippen molar-refractivity contribution in [2.24, 2.45) is 0 Å². The molecule has 0 radical (unpaired) electrons. The summed E-state index contributed by atoms with van der Waals surface area (Å²) >= 11 is 4.13. The second-order valence-corrected chi connectivity index (χ2v) is 10.7. The Labute approximate surface area is 206 Å². The molecule has 12 heteroatoms. The number of benzene rings is 1. The lowest BCUT2D eigenvalue weighted by Crippen LogP contribution is -2.70. The minimum atomic E-state index is -1.20. The fraction of sp³-hybridized carbons (Fsp3) is 0.227. The number of carboxylic acids is 1. The van der Waals surface area contributed by atoms with E-state index in [4.69, 9.17) is 0 Å². The van der Waals surface area contributed by atoms with Crippen molar-refractivity contribution in [1.29, 1.82) is 0 Å². The van der Waals surface area contributed by atoms with Gasteiger partial charge in [-0.15, -0.1) is 33.3 Å². The van der Waals surface area contributed by atoms with Crippen LogP contribution in [0.1, 0.15) is 15.4 Å². The molecule has 0 aliphatic carbocycles. The average molecular weight is 514 g/mol. The van der Waals surface area contributed by atoms with Crippen molar-refractivity contribution in [3.63, 3.8) is 0 Å². The van der Waals surface area contributed by atoms with Gasteiger partial charge in [0.15, 0.2) is 0 Å². The van der Waals surface area contributed by atoms with E-state index in [0.717, 1.165) is 10.4 Å². The van der Waals surface area contributed by atoms with E-state index in [-0.39, 0.29) is 18.0 Å². The second-order valence-electron chi connectivity index (χ2n) is 7.59. The van der Waals surface area contributed by atoms with Gasteiger partial charge in [0.05, 0.1) is 6.42 Å². The molecule has 2 aliphatic heterocycles. The van der Waals surface area contributed by atoms with Gasteiger partial charge in [0.2, 0.25) is 11.0 Å². The summed E-state index contributed by atoms with van der Waals surface area (Å²) in [5.41, 5.74) is 1.44. The lowest BCUT2D eigenvalue weighted by Gasteiger charge is -2.49. The Morgan fingerprint density at radius 2 is 1.97 bits per heavy atom. The summed E-state index contributed by atoms with van der Waals surface area (Å²) in [4.78, 5) is 39.5. The molecule has 1 aromatic carbocycles. The Morgan fingerprint density at radius 3 is 2.71 bits per heavy atom. The number of β-lactam (4-membered cyclic amide) rings is 1. The number of aromatic nitrogens is 2. The number of anilines is 1. The molecule has 0 saturated carbocycles. The summed E-state index contributed by atoms with van der Waals surface area (Å²) in [7, 11) is 0. The molecule has 174 valence electrons. The summed E-state index contributed by atoms with van der Waals surface area (Å²) in [6, 6.07) is 12.8. The highest BCUT2D eigenvalue weighted by molar-refractivity contribution is 8.00. The van der Waals surface area contributed by atoms with Gasteiger partial charge < -0.3 is 15.7 Å². The largest absolute Gasteiger partial charge is 0.477 e. The van der Waals surface area contributed by atoms with Gasteiger partial charge in [-0.2, -0.15) is 0 Å². The molecule has 2 aliphatic rings. The van der Waals surface area contributed by atoms with Crippen LogP contribution in [0.15, 0.2) is 53.5 Å². The van der Waals surface area contributed by atoms with E-state index in [0.29, 0.717) is 28.0 Å². The molecule has 2 aromatic heterocycles. The Balaban J connectivity index is 1.30. The first kappa shape index (κ1) is 22.6. The fourth-order valence-corrected chi connectivity index (χ4v) is 6.69. The molecular formula is C22H19N5O4S3. The number of thioether (sulfide) groups is 1. The fourth-order valence-electron chi connectivity index (χ4n) is 3.77. The molecule has 5 rings (SSSR count). The van der Waals surface area contributed by atoms with Gasteiger partial charge in [0.25, 0.3) is 5.91 Å². The van der Waals surface area contributed by atoms with Crippen LogP contribution in [0.2, 0.25) is 0 Å². The van der Waals surface area contributed by atoms with Gasteiger partial charge >= 0.3 is 5.97 Å². The molecule has 9 nitrogen and oxygen atoms in total. The normalized spacial score (nSPS) is 19.4. The van der Waals surface area contributed by atoms with E-state index in [1.807, 2.05) is 47.8 Å². The van der Waals surface area contributed by atoms with E-state index in [9.17, 15) is 19.5 Å². The van der Waals surface area contributed by atoms with Crippen molar-refractivity contribution in [2.45, 2.75) is 24.4 Å². The number of carbonyl (C=O) groups excluding carboxylic acids is 2. The summed E-state index contributed by atoms with van der Waals surface area (Å²) in [6.45, 7) is 0.564. The van der Waals surface area contributed by atoms with Gasteiger partial charge in [-0.05, 0) is 17.0 Å². The number of thiophene rings is 1. The van der Waals surface area contributed by atoms with Gasteiger partial charge in [-0.1, -0.05) is 47.7 Å². The van der Waals surface area contributed by atoms with Crippen molar-refractivity contribution in [2.75, 3.05) is 11.1 Å². The highest BCUT2D eigenvalue weighted by Crippen LogP contribution is 2.44. The third kappa shape index (κ3) is 4.43. The Morgan fingerprint density at radius 1 is 1.15 bits per heavy atom. The zero-order valence-electron chi connectivity index (χ0n) is 17.6. The smallest absolute Gasteiger partial charge is 0.353 e. The lowest BCUT2D eigenvalue weighted by molar-refractivity contribution is -0.150. The lowest BCUT2D eigenvalue weighted by atomic mass is 10.0. The predicted octanol–water partition coefficient (Wildman–Crippen LogP) is 2.65. The number of rotatable bonds is 8. The van der Waals surface area contributed by atoms with Crippen LogP contribution in [-0.4, -0.2) is 55.2 Å². The number of hydrogen-bond donors (Lipinski definition) is 3. The van der Waals surface area contributed by atoms with Crippen molar-refractivity contribution in [1.82, 2.24) is 20.4 Å². The number of nitrogens with zero attached hydrogens (tertiary/aromatic N) is 3. The summed E-state index contributed by atoms with van der Waals surface area (Å²) in [5.74, 6) is -1.55. The molecule has 0 bridgehead atoms. The quantitative estimate of drug-likeness (QED) is 0.393. The molecule has 34 heavy (non-hydrogen) atoms. The Bertz CT molecular complexity index is 1260. The van der Waals surface area contributed by atoms with Crippen LogP contribution in [0.25, 0.3) is 5.57 Å². The standard InChI is InChI=1S/C22H19N5O4S3/c28-15(9-13-7-4-8-32-13)24-16-19(29)27-17(21(30)31)14(11-33-20(16)27)18-25-26-22(34-18)23-10-12-5-2-1-3-6-12/h1-8,16,20H,9-11H2,(H,23,26)(H,24,28)(H,30,31)/t16?,20-/m0/s1. The number of fused-ring (bicyclic) bond motifs is 1. The summed E-state index contributed by atoms with van der Waals surface area (Å²) in [6.07, 6.45) is 0.190. The number of carboxylic acid groups (broad SMARTS) is 1. The van der Waals surface area contributed by atoms with Gasteiger partial charge in [0, 0.05) is 22.7 Å². The van der Waals surface area contributed by atoms with E-state index in [1.54, 1.807) is 0 Å². The molecule has 2 amide bonds. The van der Waals surface area contributed by atoms with Gasteiger partial charge in [-0.3, -0.25) is 14.5 Å². The highest BCUT2D eigenvalue weighted by atomic mass is 32.2. The van der Waals surface area contributed by atoms with Crippen molar-refractivity contribution in [3.05, 3.63) is 69.0 Å². The third-order valence-electron chi connectivity index (χ3n) is 5.37. The van der Waals surface area contributed by atoms with Crippen LogP contribution in [-0.2, 0) is 27.3 Å². The zero-order valence-corrected chi connectivity index (χ0v) is 20.1. The monoisotopic (exact) mass is 513 g/mol. The van der Waals surface area contributed by atoms with Crippen molar-refractivity contribution in [3.8, 4) is 0 Å². The molecule has 1 saturated heterocycles. The van der Waals surface area contributed by atoms with E-state index < -0.39 is 23.3 Å². The van der Waals surface area contributed by atoms with Gasteiger partial charge in [0.1, 0.15) is 22.1 Å². The van der Waals surface area contributed by atoms with E-state index in [2.05, 4.69) is 20.8 Å². The number of hydrogen-bond acceptors (Lipinski definition) is 9. The number of nitrogens with one attached hydrogen (secondary N) is 2. The molecule has 0 spiro atoms.